The molecule has 3 heteroatoms. The Morgan fingerprint density at radius 1 is 1.24 bits per heavy atom. The predicted octanol–water partition coefficient (Wildman–Crippen LogP) is 3.06. The van der Waals surface area contributed by atoms with E-state index in [2.05, 4.69) is 17.1 Å². The Morgan fingerprint density at radius 3 is 2.76 bits per heavy atom. The highest BCUT2D eigenvalue weighted by atomic mass is 16.5. The van der Waals surface area contributed by atoms with Gasteiger partial charge < -0.3 is 10.1 Å². The van der Waals surface area contributed by atoms with Crippen molar-refractivity contribution in [1.29, 1.82) is 0 Å². The maximum Gasteiger partial charge on any atom is 0.119 e. The molecule has 1 spiro atoms. The summed E-state index contributed by atoms with van der Waals surface area (Å²) < 4.78 is 5.83. The van der Waals surface area contributed by atoms with E-state index in [0.29, 0.717) is 11.6 Å². The number of nitrogens with one attached hydrogen (secondary N) is 1. The van der Waals surface area contributed by atoms with E-state index in [1.807, 2.05) is 30.3 Å². The Kier molecular flexibility index (Phi) is 4.81. The molecule has 2 aliphatic rings. The van der Waals surface area contributed by atoms with Crippen LogP contribution >= 0.6 is 0 Å². The Hall–Kier alpha value is -1.06. The van der Waals surface area contributed by atoms with Crippen molar-refractivity contribution in [3.05, 3.63) is 30.3 Å². The molecule has 1 N–H and O–H groups in total. The average Bonchev–Trinajstić information content (AvgIpc) is 2.98. The fourth-order valence-corrected chi connectivity index (χ4v) is 3.88. The fraction of sp³-hybridized carbons (Fsp3) is 0.667. The van der Waals surface area contributed by atoms with E-state index in [0.717, 1.165) is 18.8 Å². The standard InChI is InChI=1S/C18H28N2O/c1-16-14-20(18(15-19-16)10-5-6-11-18)12-7-13-21-17-8-3-2-4-9-17/h2-4,8-9,16,19H,5-7,10-15H2,1H3. The molecule has 21 heavy (non-hydrogen) atoms. The second kappa shape index (κ2) is 6.80. The topological polar surface area (TPSA) is 24.5 Å². The highest BCUT2D eigenvalue weighted by molar-refractivity contribution is 5.20. The first-order valence-corrected chi connectivity index (χ1v) is 8.45. The SMILES string of the molecule is CC1CN(CCCOc2ccccc2)C2(CCCC2)CN1. The summed E-state index contributed by atoms with van der Waals surface area (Å²) >= 11 is 0. The zero-order chi connectivity index (χ0) is 14.5. The van der Waals surface area contributed by atoms with Crippen LogP contribution in [0.3, 0.4) is 0 Å². The maximum absolute atomic E-state index is 5.83. The molecule has 1 unspecified atom stereocenters. The zero-order valence-electron chi connectivity index (χ0n) is 13.2. The summed E-state index contributed by atoms with van der Waals surface area (Å²) in [5.41, 5.74) is 0.444. The number of rotatable bonds is 5. The minimum atomic E-state index is 0.444. The average molecular weight is 288 g/mol. The van der Waals surface area contributed by atoms with Gasteiger partial charge >= 0.3 is 0 Å². The van der Waals surface area contributed by atoms with Crippen molar-refractivity contribution in [3.8, 4) is 5.75 Å². The summed E-state index contributed by atoms with van der Waals surface area (Å²) in [6.45, 7) is 6.64. The van der Waals surface area contributed by atoms with Crippen molar-refractivity contribution in [2.45, 2.75) is 50.6 Å². The monoisotopic (exact) mass is 288 g/mol. The summed E-state index contributed by atoms with van der Waals surface area (Å²) in [4.78, 5) is 2.75. The zero-order valence-corrected chi connectivity index (χ0v) is 13.2. The lowest BCUT2D eigenvalue weighted by Gasteiger charge is -2.47. The van der Waals surface area contributed by atoms with Crippen LogP contribution in [0.15, 0.2) is 30.3 Å². The highest BCUT2D eigenvalue weighted by Gasteiger charge is 2.42. The molecule has 1 saturated heterocycles. The number of benzene rings is 1. The molecule has 1 saturated carbocycles. The van der Waals surface area contributed by atoms with Gasteiger partial charge in [0.2, 0.25) is 0 Å². The van der Waals surface area contributed by atoms with Gasteiger partial charge in [0.25, 0.3) is 0 Å². The van der Waals surface area contributed by atoms with E-state index in [-0.39, 0.29) is 0 Å². The molecular formula is C18H28N2O. The van der Waals surface area contributed by atoms with Crippen LogP contribution < -0.4 is 10.1 Å². The van der Waals surface area contributed by atoms with E-state index < -0.39 is 0 Å². The third kappa shape index (κ3) is 3.58. The molecular weight excluding hydrogens is 260 g/mol. The molecule has 0 aromatic heterocycles. The highest BCUT2D eigenvalue weighted by Crippen LogP contribution is 2.36. The van der Waals surface area contributed by atoms with Crippen LogP contribution in [0.1, 0.15) is 39.0 Å². The Balaban J connectivity index is 1.48. The second-order valence-corrected chi connectivity index (χ2v) is 6.67. The first-order chi connectivity index (χ1) is 10.3. The number of nitrogens with zero attached hydrogens (tertiary/aromatic N) is 1. The summed E-state index contributed by atoms with van der Waals surface area (Å²) in [7, 11) is 0. The quantitative estimate of drug-likeness (QED) is 0.843. The number of para-hydroxylation sites is 1. The number of ether oxygens (including phenoxy) is 1. The molecule has 116 valence electrons. The van der Waals surface area contributed by atoms with Crippen LogP contribution in [0.2, 0.25) is 0 Å². The molecule has 3 rings (SSSR count). The van der Waals surface area contributed by atoms with Gasteiger partial charge in [0.05, 0.1) is 6.61 Å². The van der Waals surface area contributed by atoms with Crippen molar-refractivity contribution in [2.75, 3.05) is 26.2 Å². The van der Waals surface area contributed by atoms with Crippen LogP contribution in [0.4, 0.5) is 0 Å². The van der Waals surface area contributed by atoms with E-state index in [9.17, 15) is 0 Å². The van der Waals surface area contributed by atoms with Crippen molar-refractivity contribution in [2.24, 2.45) is 0 Å². The molecule has 1 aromatic rings. The molecule has 1 aromatic carbocycles. The number of hydrogen-bond acceptors (Lipinski definition) is 3. The van der Waals surface area contributed by atoms with Gasteiger partial charge in [-0.2, -0.15) is 0 Å². The largest absolute Gasteiger partial charge is 0.494 e. The van der Waals surface area contributed by atoms with Gasteiger partial charge in [-0.3, -0.25) is 4.90 Å². The second-order valence-electron chi connectivity index (χ2n) is 6.67. The third-order valence-corrected chi connectivity index (χ3v) is 5.06. The van der Waals surface area contributed by atoms with E-state index in [1.54, 1.807) is 0 Å². The smallest absolute Gasteiger partial charge is 0.119 e. The van der Waals surface area contributed by atoms with Gasteiger partial charge in [0.15, 0.2) is 0 Å². The van der Waals surface area contributed by atoms with Gasteiger partial charge in [-0.15, -0.1) is 0 Å². The molecule has 0 radical (unpaired) electrons. The molecule has 3 nitrogen and oxygen atoms in total. The maximum atomic E-state index is 5.83. The van der Waals surface area contributed by atoms with Crippen LogP contribution in [0.5, 0.6) is 5.75 Å². The molecule has 1 heterocycles. The van der Waals surface area contributed by atoms with E-state index in [1.165, 1.54) is 45.3 Å². The van der Waals surface area contributed by atoms with Crippen LogP contribution in [-0.4, -0.2) is 42.7 Å². The normalized spacial score (nSPS) is 25.3. The minimum absolute atomic E-state index is 0.444. The van der Waals surface area contributed by atoms with E-state index >= 15 is 0 Å². The Bertz CT molecular complexity index is 428. The summed E-state index contributed by atoms with van der Waals surface area (Å²) in [5.74, 6) is 0.988. The number of piperazine rings is 1. The van der Waals surface area contributed by atoms with Gasteiger partial charge in [0, 0.05) is 31.2 Å². The van der Waals surface area contributed by atoms with Crippen molar-refractivity contribution in [3.63, 3.8) is 0 Å². The Morgan fingerprint density at radius 2 is 2.00 bits per heavy atom. The summed E-state index contributed by atoms with van der Waals surface area (Å²) in [6, 6.07) is 10.8. The fourth-order valence-electron chi connectivity index (χ4n) is 3.88. The van der Waals surface area contributed by atoms with Crippen molar-refractivity contribution in [1.82, 2.24) is 10.2 Å². The molecule has 1 aliphatic carbocycles. The van der Waals surface area contributed by atoms with Gasteiger partial charge in [-0.1, -0.05) is 31.0 Å². The lowest BCUT2D eigenvalue weighted by atomic mass is 9.91. The first-order valence-electron chi connectivity index (χ1n) is 8.45. The molecule has 0 amide bonds. The molecule has 1 atom stereocenters. The number of hydrogen-bond donors (Lipinski definition) is 1. The summed E-state index contributed by atoms with van der Waals surface area (Å²) in [6.07, 6.45) is 6.64. The van der Waals surface area contributed by atoms with Crippen molar-refractivity contribution >= 4 is 0 Å². The lowest BCUT2D eigenvalue weighted by Crippen LogP contribution is -2.63. The first kappa shape index (κ1) is 14.9. The van der Waals surface area contributed by atoms with E-state index in [4.69, 9.17) is 4.74 Å². The minimum Gasteiger partial charge on any atom is -0.494 e. The summed E-state index contributed by atoms with van der Waals surface area (Å²) in [5, 5.41) is 3.69. The third-order valence-electron chi connectivity index (χ3n) is 5.06. The van der Waals surface area contributed by atoms with Crippen LogP contribution in [-0.2, 0) is 0 Å². The molecule has 0 bridgehead atoms. The van der Waals surface area contributed by atoms with Crippen LogP contribution in [0.25, 0.3) is 0 Å². The van der Waals surface area contributed by atoms with Crippen molar-refractivity contribution < 1.29 is 4.74 Å². The molecule has 1 aliphatic heterocycles. The van der Waals surface area contributed by atoms with Gasteiger partial charge in [0.1, 0.15) is 5.75 Å². The molecule has 2 fully saturated rings. The van der Waals surface area contributed by atoms with Gasteiger partial charge in [-0.25, -0.2) is 0 Å². The lowest BCUT2D eigenvalue weighted by molar-refractivity contribution is 0.0423. The predicted molar refractivity (Wildman–Crippen MR) is 86.8 cm³/mol. The Labute approximate surface area is 128 Å². The van der Waals surface area contributed by atoms with Crippen LogP contribution in [0, 0.1) is 0 Å². The van der Waals surface area contributed by atoms with Gasteiger partial charge in [-0.05, 0) is 38.3 Å².